The lowest BCUT2D eigenvalue weighted by molar-refractivity contribution is -0.142. The van der Waals surface area contributed by atoms with E-state index in [1.54, 1.807) is 5.51 Å². The molecule has 0 spiro atoms. The zero-order valence-corrected chi connectivity index (χ0v) is 9.29. The molecule has 1 atom stereocenters. The summed E-state index contributed by atoms with van der Waals surface area (Å²) < 4.78 is 4.52. The fourth-order valence-corrected chi connectivity index (χ4v) is 2.37. The number of aliphatic hydroxyl groups is 1. The van der Waals surface area contributed by atoms with Gasteiger partial charge in [-0.1, -0.05) is 0 Å². The minimum Gasteiger partial charge on any atom is -0.469 e. The predicted molar refractivity (Wildman–Crippen MR) is 55.7 cm³/mol. The van der Waals surface area contributed by atoms with Crippen molar-refractivity contribution in [1.82, 2.24) is 4.98 Å². The van der Waals surface area contributed by atoms with Gasteiger partial charge in [0.05, 0.1) is 29.6 Å². The Morgan fingerprint density at radius 1 is 1.80 bits per heavy atom. The van der Waals surface area contributed by atoms with E-state index in [0.717, 1.165) is 23.4 Å². The first-order valence-electron chi connectivity index (χ1n) is 4.90. The standard InChI is InChI=1S/C10H13NO3S/c1-14-8(13)4-7(12)10-9(6-2-3-6)11-5-15-10/h5-7,12H,2-4H2,1H3/t7-/m0/s1. The molecule has 1 aromatic heterocycles. The lowest BCUT2D eigenvalue weighted by atomic mass is 10.1. The molecule has 1 aliphatic carbocycles. The Kier molecular flexibility index (Phi) is 3.02. The van der Waals surface area contributed by atoms with Crippen LogP contribution in [-0.2, 0) is 9.53 Å². The van der Waals surface area contributed by atoms with Crippen LogP contribution < -0.4 is 0 Å². The molecule has 0 bridgehead atoms. The Hall–Kier alpha value is -0.940. The van der Waals surface area contributed by atoms with Crippen molar-refractivity contribution in [3.63, 3.8) is 0 Å². The van der Waals surface area contributed by atoms with E-state index in [9.17, 15) is 9.90 Å². The van der Waals surface area contributed by atoms with E-state index in [4.69, 9.17) is 0 Å². The topological polar surface area (TPSA) is 59.4 Å². The molecule has 1 heterocycles. The van der Waals surface area contributed by atoms with Gasteiger partial charge in [0.1, 0.15) is 6.10 Å². The Bertz CT molecular complexity index is 359. The van der Waals surface area contributed by atoms with Gasteiger partial charge in [0, 0.05) is 5.92 Å². The van der Waals surface area contributed by atoms with Crippen molar-refractivity contribution >= 4 is 17.3 Å². The number of esters is 1. The van der Waals surface area contributed by atoms with Crippen LogP contribution in [0.3, 0.4) is 0 Å². The lowest BCUT2D eigenvalue weighted by Gasteiger charge is -2.08. The number of hydrogen-bond acceptors (Lipinski definition) is 5. The van der Waals surface area contributed by atoms with Crippen molar-refractivity contribution in [1.29, 1.82) is 0 Å². The summed E-state index contributed by atoms with van der Waals surface area (Å²) in [5, 5.41) is 9.84. The molecule has 0 radical (unpaired) electrons. The molecular formula is C10H13NO3S. The fraction of sp³-hybridized carbons (Fsp3) is 0.600. The number of aromatic nitrogens is 1. The number of carbonyl (C=O) groups excluding carboxylic acids is 1. The normalized spacial score (nSPS) is 17.5. The van der Waals surface area contributed by atoms with Crippen molar-refractivity contribution < 1.29 is 14.6 Å². The summed E-state index contributed by atoms with van der Waals surface area (Å²) in [4.78, 5) is 16.1. The van der Waals surface area contributed by atoms with Crippen molar-refractivity contribution in [3.05, 3.63) is 16.1 Å². The van der Waals surface area contributed by atoms with Gasteiger partial charge in [0.15, 0.2) is 0 Å². The van der Waals surface area contributed by atoms with Crippen LogP contribution in [0.4, 0.5) is 0 Å². The van der Waals surface area contributed by atoms with E-state index in [0.29, 0.717) is 5.92 Å². The first-order valence-corrected chi connectivity index (χ1v) is 5.78. The second-order valence-corrected chi connectivity index (χ2v) is 4.56. The van der Waals surface area contributed by atoms with Crippen LogP contribution >= 0.6 is 11.3 Å². The summed E-state index contributed by atoms with van der Waals surface area (Å²) in [5.41, 5.74) is 2.69. The highest BCUT2D eigenvalue weighted by Gasteiger charge is 2.31. The third kappa shape index (κ3) is 2.35. The highest BCUT2D eigenvalue weighted by molar-refractivity contribution is 7.09. The largest absolute Gasteiger partial charge is 0.469 e. The Labute approximate surface area is 91.9 Å². The zero-order chi connectivity index (χ0) is 10.8. The van der Waals surface area contributed by atoms with Gasteiger partial charge in [-0.15, -0.1) is 11.3 Å². The summed E-state index contributed by atoms with van der Waals surface area (Å²) in [6.45, 7) is 0. The zero-order valence-electron chi connectivity index (χ0n) is 8.47. The molecular weight excluding hydrogens is 214 g/mol. The van der Waals surface area contributed by atoms with Crippen LogP contribution in [0, 0.1) is 0 Å². The molecule has 15 heavy (non-hydrogen) atoms. The average molecular weight is 227 g/mol. The number of methoxy groups -OCH3 is 1. The number of ether oxygens (including phenoxy) is 1. The van der Waals surface area contributed by atoms with Crippen molar-refractivity contribution in [2.24, 2.45) is 0 Å². The molecule has 0 aliphatic heterocycles. The minimum absolute atomic E-state index is 0.0123. The van der Waals surface area contributed by atoms with E-state index in [1.807, 2.05) is 0 Å². The van der Waals surface area contributed by atoms with E-state index in [2.05, 4.69) is 9.72 Å². The molecule has 5 heteroatoms. The van der Waals surface area contributed by atoms with Crippen LogP contribution in [0.2, 0.25) is 0 Å². The molecule has 1 fully saturated rings. The van der Waals surface area contributed by atoms with Crippen molar-refractivity contribution in [2.75, 3.05) is 7.11 Å². The maximum absolute atomic E-state index is 11.0. The Morgan fingerprint density at radius 3 is 3.13 bits per heavy atom. The summed E-state index contributed by atoms with van der Waals surface area (Å²) in [6.07, 6.45) is 1.53. The quantitative estimate of drug-likeness (QED) is 0.794. The second-order valence-electron chi connectivity index (χ2n) is 3.67. The molecule has 1 aliphatic rings. The fourth-order valence-electron chi connectivity index (χ4n) is 1.51. The monoisotopic (exact) mass is 227 g/mol. The third-order valence-corrected chi connectivity index (χ3v) is 3.42. The van der Waals surface area contributed by atoms with Gasteiger partial charge >= 0.3 is 5.97 Å². The van der Waals surface area contributed by atoms with Crippen LogP contribution in [0.1, 0.15) is 41.9 Å². The number of rotatable bonds is 4. The van der Waals surface area contributed by atoms with E-state index in [1.165, 1.54) is 18.4 Å². The van der Waals surface area contributed by atoms with Crippen molar-refractivity contribution in [3.8, 4) is 0 Å². The highest BCUT2D eigenvalue weighted by Crippen LogP contribution is 2.43. The lowest BCUT2D eigenvalue weighted by Crippen LogP contribution is -2.08. The number of nitrogens with zero attached hydrogens (tertiary/aromatic N) is 1. The minimum atomic E-state index is -0.763. The molecule has 0 unspecified atom stereocenters. The number of hydrogen-bond donors (Lipinski definition) is 1. The van der Waals surface area contributed by atoms with Crippen LogP contribution in [0.15, 0.2) is 5.51 Å². The number of carbonyl (C=O) groups is 1. The third-order valence-electron chi connectivity index (χ3n) is 2.48. The van der Waals surface area contributed by atoms with Gasteiger partial charge in [-0.05, 0) is 12.8 Å². The van der Waals surface area contributed by atoms with Gasteiger partial charge in [0.2, 0.25) is 0 Å². The van der Waals surface area contributed by atoms with Crippen LogP contribution in [0.25, 0.3) is 0 Å². The van der Waals surface area contributed by atoms with Gasteiger partial charge in [-0.25, -0.2) is 4.98 Å². The highest BCUT2D eigenvalue weighted by atomic mass is 32.1. The van der Waals surface area contributed by atoms with Gasteiger partial charge in [-0.2, -0.15) is 0 Å². The van der Waals surface area contributed by atoms with Gasteiger partial charge in [0.25, 0.3) is 0 Å². The van der Waals surface area contributed by atoms with Crippen LogP contribution in [-0.4, -0.2) is 23.2 Å². The number of thiazole rings is 1. The molecule has 1 N–H and O–H groups in total. The van der Waals surface area contributed by atoms with E-state index < -0.39 is 12.1 Å². The molecule has 82 valence electrons. The SMILES string of the molecule is COC(=O)C[C@H](O)c1scnc1C1CC1. The Morgan fingerprint density at radius 2 is 2.53 bits per heavy atom. The maximum Gasteiger partial charge on any atom is 0.308 e. The first-order chi connectivity index (χ1) is 7.22. The molecule has 4 nitrogen and oxygen atoms in total. The Balaban J connectivity index is 2.07. The first kappa shape index (κ1) is 10.6. The van der Waals surface area contributed by atoms with Crippen molar-refractivity contribution in [2.45, 2.75) is 31.3 Å². The summed E-state index contributed by atoms with van der Waals surface area (Å²) in [7, 11) is 1.32. The molecule has 1 aromatic rings. The molecule has 0 aromatic carbocycles. The summed E-state index contributed by atoms with van der Waals surface area (Å²) in [5.74, 6) is 0.108. The smallest absolute Gasteiger partial charge is 0.308 e. The van der Waals surface area contributed by atoms with E-state index >= 15 is 0 Å². The molecule has 0 amide bonds. The molecule has 0 saturated heterocycles. The number of aliphatic hydroxyl groups excluding tert-OH is 1. The maximum atomic E-state index is 11.0. The summed E-state index contributed by atoms with van der Waals surface area (Å²) in [6, 6.07) is 0. The predicted octanol–water partition coefficient (Wildman–Crippen LogP) is 1.62. The molecule has 1 saturated carbocycles. The van der Waals surface area contributed by atoms with Gasteiger partial charge < -0.3 is 9.84 Å². The average Bonchev–Trinajstić information content (AvgIpc) is 2.95. The van der Waals surface area contributed by atoms with Crippen LogP contribution in [0.5, 0.6) is 0 Å². The van der Waals surface area contributed by atoms with E-state index in [-0.39, 0.29) is 6.42 Å². The van der Waals surface area contributed by atoms with Gasteiger partial charge in [-0.3, -0.25) is 4.79 Å². The molecule has 2 rings (SSSR count). The second kappa shape index (κ2) is 4.28. The summed E-state index contributed by atoms with van der Waals surface area (Å²) >= 11 is 1.41.